The van der Waals surface area contributed by atoms with Gasteiger partial charge in [0.2, 0.25) is 0 Å². The van der Waals surface area contributed by atoms with Crippen molar-refractivity contribution in [3.63, 3.8) is 0 Å². The second-order valence-electron chi connectivity index (χ2n) is 7.10. The maximum absolute atomic E-state index is 13.0. The molecule has 9 nitrogen and oxygen atoms in total. The van der Waals surface area contributed by atoms with Gasteiger partial charge < -0.3 is 28.7 Å². The average molecular weight is 439 g/mol. The quantitative estimate of drug-likeness (QED) is 0.582. The highest BCUT2D eigenvalue weighted by atomic mass is 16.6. The van der Waals surface area contributed by atoms with Gasteiger partial charge in [-0.15, -0.1) is 0 Å². The number of esters is 1. The van der Waals surface area contributed by atoms with Gasteiger partial charge in [0.05, 0.1) is 18.1 Å². The molecule has 0 saturated carbocycles. The molecule has 4 rings (SSSR count). The molecule has 166 valence electrons. The Labute approximate surface area is 182 Å². The predicted molar refractivity (Wildman–Crippen MR) is 114 cm³/mol. The molecule has 1 aliphatic rings. The Morgan fingerprint density at radius 1 is 1.09 bits per heavy atom. The third kappa shape index (κ3) is 4.36. The Kier molecular flexibility index (Phi) is 5.98. The van der Waals surface area contributed by atoms with Crippen molar-refractivity contribution in [1.82, 2.24) is 5.32 Å². The highest BCUT2D eigenvalue weighted by Gasteiger charge is 2.17. The Morgan fingerprint density at radius 3 is 2.66 bits per heavy atom. The number of ether oxygens (including phenoxy) is 4. The number of benzene rings is 2. The summed E-state index contributed by atoms with van der Waals surface area (Å²) in [5.41, 5.74) is 1.15. The Balaban J connectivity index is 1.51. The van der Waals surface area contributed by atoms with Gasteiger partial charge in [0.15, 0.2) is 23.5 Å². The summed E-state index contributed by atoms with van der Waals surface area (Å²) in [5, 5.41) is 2.83. The number of amides is 1. The predicted octanol–water partition coefficient (Wildman–Crippen LogP) is 2.29. The van der Waals surface area contributed by atoms with Crippen LogP contribution in [0.25, 0.3) is 22.1 Å². The molecule has 3 aromatic rings. The smallest absolute Gasteiger partial charge is 0.328 e. The van der Waals surface area contributed by atoms with Gasteiger partial charge in [-0.1, -0.05) is 6.07 Å². The lowest BCUT2D eigenvalue weighted by atomic mass is 10.0. The fraction of sp³-hybridized carbons (Fsp3) is 0.261. The Bertz CT molecular complexity index is 1230. The van der Waals surface area contributed by atoms with Crippen LogP contribution in [0.4, 0.5) is 0 Å². The van der Waals surface area contributed by atoms with Crippen LogP contribution >= 0.6 is 0 Å². The summed E-state index contributed by atoms with van der Waals surface area (Å²) in [6.45, 7) is 2.13. The molecule has 0 radical (unpaired) electrons. The Morgan fingerprint density at radius 2 is 1.88 bits per heavy atom. The molecule has 2 heterocycles. The molecule has 1 aromatic heterocycles. The van der Waals surface area contributed by atoms with Crippen molar-refractivity contribution in [3.8, 4) is 28.4 Å². The van der Waals surface area contributed by atoms with Crippen molar-refractivity contribution >= 4 is 22.8 Å². The molecule has 1 atom stereocenters. The van der Waals surface area contributed by atoms with Gasteiger partial charge in [-0.05, 0) is 36.8 Å². The van der Waals surface area contributed by atoms with Crippen molar-refractivity contribution in [3.05, 3.63) is 52.9 Å². The molecule has 32 heavy (non-hydrogen) atoms. The molecule has 1 N–H and O–H groups in total. The summed E-state index contributed by atoms with van der Waals surface area (Å²) in [5.74, 6) is 0.514. The summed E-state index contributed by atoms with van der Waals surface area (Å²) in [6.07, 6.45) is 1.38. The third-order valence-electron chi connectivity index (χ3n) is 4.90. The maximum atomic E-state index is 13.0. The molecular weight excluding hydrogens is 418 g/mol. The van der Waals surface area contributed by atoms with E-state index in [1.54, 1.807) is 30.3 Å². The topological polar surface area (TPSA) is 113 Å². The van der Waals surface area contributed by atoms with E-state index >= 15 is 0 Å². The van der Waals surface area contributed by atoms with Gasteiger partial charge in [0.25, 0.3) is 5.91 Å². The normalized spacial score (nSPS) is 13.3. The van der Waals surface area contributed by atoms with Gasteiger partial charge in [-0.3, -0.25) is 9.59 Å². The monoisotopic (exact) mass is 439 g/mol. The van der Waals surface area contributed by atoms with Crippen LogP contribution in [0.2, 0.25) is 0 Å². The molecular formula is C23H21NO8. The number of rotatable bonds is 6. The molecule has 1 amide bonds. The minimum atomic E-state index is -0.787. The van der Waals surface area contributed by atoms with Crippen molar-refractivity contribution in [2.24, 2.45) is 0 Å². The van der Waals surface area contributed by atoms with E-state index < -0.39 is 17.9 Å². The van der Waals surface area contributed by atoms with Gasteiger partial charge in [-0.2, -0.15) is 0 Å². The van der Waals surface area contributed by atoms with E-state index in [0.717, 1.165) is 0 Å². The van der Waals surface area contributed by atoms with E-state index in [0.29, 0.717) is 52.6 Å². The third-order valence-corrected chi connectivity index (χ3v) is 4.90. The standard InChI is InChI=1S/C23H21NO8/c1-13(23(27)28-2)24-21(25)12-31-15-4-5-16-19(10-15)32-11-17(22(16)26)14-3-6-18-20(9-14)30-8-7-29-18/h3-6,9-11,13H,7-8,12H2,1-2H3,(H,24,25)/t13-/m1/s1. The zero-order valence-corrected chi connectivity index (χ0v) is 17.5. The number of hydrogen-bond donors (Lipinski definition) is 1. The zero-order valence-electron chi connectivity index (χ0n) is 17.5. The zero-order chi connectivity index (χ0) is 22.7. The van der Waals surface area contributed by atoms with Crippen molar-refractivity contribution < 1.29 is 33.0 Å². The van der Waals surface area contributed by atoms with Crippen LogP contribution in [0.1, 0.15) is 6.92 Å². The van der Waals surface area contributed by atoms with Gasteiger partial charge in [-0.25, -0.2) is 4.79 Å². The summed E-state index contributed by atoms with van der Waals surface area (Å²) in [7, 11) is 1.24. The summed E-state index contributed by atoms with van der Waals surface area (Å²) >= 11 is 0. The fourth-order valence-corrected chi connectivity index (χ4v) is 3.28. The minimum absolute atomic E-state index is 0.209. The molecule has 0 saturated heterocycles. The van der Waals surface area contributed by atoms with Crippen molar-refractivity contribution in [2.75, 3.05) is 26.9 Å². The molecule has 0 unspecified atom stereocenters. The largest absolute Gasteiger partial charge is 0.486 e. The van der Waals surface area contributed by atoms with Crippen LogP contribution in [0.5, 0.6) is 17.2 Å². The van der Waals surface area contributed by atoms with Crippen LogP contribution in [0.3, 0.4) is 0 Å². The summed E-state index contributed by atoms with van der Waals surface area (Å²) in [6, 6.07) is 9.17. The van der Waals surface area contributed by atoms with Crippen LogP contribution < -0.4 is 25.0 Å². The van der Waals surface area contributed by atoms with Crippen LogP contribution in [-0.2, 0) is 14.3 Å². The fourth-order valence-electron chi connectivity index (χ4n) is 3.28. The second-order valence-corrected chi connectivity index (χ2v) is 7.10. The molecule has 0 fully saturated rings. The van der Waals surface area contributed by atoms with E-state index in [2.05, 4.69) is 10.1 Å². The molecule has 0 bridgehead atoms. The molecule has 9 heteroatoms. The first-order valence-corrected chi connectivity index (χ1v) is 9.92. The minimum Gasteiger partial charge on any atom is -0.486 e. The first-order chi connectivity index (χ1) is 15.5. The molecule has 0 aliphatic carbocycles. The second kappa shape index (κ2) is 9.01. The van der Waals surface area contributed by atoms with Crippen LogP contribution in [0, 0.1) is 0 Å². The lowest BCUT2D eigenvalue weighted by Gasteiger charge is -2.18. The highest BCUT2D eigenvalue weighted by Crippen LogP contribution is 2.34. The number of nitrogens with one attached hydrogen (secondary N) is 1. The van der Waals surface area contributed by atoms with Gasteiger partial charge >= 0.3 is 5.97 Å². The SMILES string of the molecule is COC(=O)[C@@H](C)NC(=O)COc1ccc2c(=O)c(-c3ccc4c(c3)OCCO4)coc2c1. The van der Waals surface area contributed by atoms with Crippen LogP contribution in [-0.4, -0.2) is 44.8 Å². The lowest BCUT2D eigenvalue weighted by Crippen LogP contribution is -2.41. The van der Waals surface area contributed by atoms with E-state index in [4.69, 9.17) is 18.6 Å². The lowest BCUT2D eigenvalue weighted by molar-refractivity contribution is -0.144. The summed E-state index contributed by atoms with van der Waals surface area (Å²) < 4.78 is 26.8. The maximum Gasteiger partial charge on any atom is 0.328 e. The van der Waals surface area contributed by atoms with Crippen molar-refractivity contribution in [1.29, 1.82) is 0 Å². The first-order valence-electron chi connectivity index (χ1n) is 9.92. The molecule has 1 aliphatic heterocycles. The Hall–Kier alpha value is -4.01. The highest BCUT2D eigenvalue weighted by molar-refractivity contribution is 5.85. The molecule has 2 aromatic carbocycles. The van der Waals surface area contributed by atoms with Gasteiger partial charge in [0, 0.05) is 6.07 Å². The molecule has 0 spiro atoms. The van der Waals surface area contributed by atoms with E-state index in [-0.39, 0.29) is 12.0 Å². The van der Waals surface area contributed by atoms with Crippen LogP contribution in [0.15, 0.2) is 51.9 Å². The number of carbonyl (C=O) groups excluding carboxylic acids is 2. The number of hydrogen-bond acceptors (Lipinski definition) is 8. The number of carbonyl (C=O) groups is 2. The number of fused-ring (bicyclic) bond motifs is 2. The van der Waals surface area contributed by atoms with Crippen molar-refractivity contribution in [2.45, 2.75) is 13.0 Å². The van der Waals surface area contributed by atoms with Gasteiger partial charge in [0.1, 0.15) is 36.9 Å². The summed E-state index contributed by atoms with van der Waals surface area (Å²) in [4.78, 5) is 36.3. The van der Waals surface area contributed by atoms with E-state index in [1.165, 1.54) is 26.4 Å². The van der Waals surface area contributed by atoms with E-state index in [1.807, 2.05) is 0 Å². The number of methoxy groups -OCH3 is 1. The average Bonchev–Trinajstić information content (AvgIpc) is 2.82. The first kappa shape index (κ1) is 21.2. The van der Waals surface area contributed by atoms with E-state index in [9.17, 15) is 14.4 Å².